The van der Waals surface area contributed by atoms with Gasteiger partial charge in [-0.25, -0.2) is 14.8 Å². The number of carbonyl (C=O) groups excluding carboxylic acids is 2. The van der Waals surface area contributed by atoms with Crippen molar-refractivity contribution in [1.29, 1.82) is 0 Å². The minimum absolute atomic E-state index is 0.248. The van der Waals surface area contributed by atoms with Crippen molar-refractivity contribution >= 4 is 34.4 Å². The topological polar surface area (TPSA) is 113 Å². The summed E-state index contributed by atoms with van der Waals surface area (Å²) in [6.07, 6.45) is 3.45. The Morgan fingerprint density at radius 2 is 1.97 bits per heavy atom. The number of pyridine rings is 1. The first-order chi connectivity index (χ1) is 16.8. The quantitative estimate of drug-likeness (QED) is 0.379. The molecule has 0 radical (unpaired) electrons. The molecule has 0 aliphatic rings. The van der Waals surface area contributed by atoms with Crippen LogP contribution < -0.4 is 5.32 Å². The highest BCUT2D eigenvalue weighted by Gasteiger charge is 2.24. The number of rotatable bonds is 8. The molecule has 3 aromatic heterocycles. The molecule has 4 aromatic rings. The van der Waals surface area contributed by atoms with Crippen molar-refractivity contribution < 1.29 is 14.3 Å². The van der Waals surface area contributed by atoms with Crippen LogP contribution in [0.25, 0.3) is 11.0 Å². The number of benzene rings is 1. The van der Waals surface area contributed by atoms with E-state index >= 15 is 0 Å². The summed E-state index contributed by atoms with van der Waals surface area (Å²) in [4.78, 5) is 43.3. The van der Waals surface area contributed by atoms with Crippen LogP contribution >= 0.6 is 11.3 Å². The van der Waals surface area contributed by atoms with Crippen molar-refractivity contribution in [2.24, 2.45) is 0 Å². The first-order valence-electron chi connectivity index (χ1n) is 11.3. The Morgan fingerprint density at radius 1 is 1.14 bits per heavy atom. The zero-order valence-corrected chi connectivity index (χ0v) is 20.8. The Hall–Kier alpha value is -3.79. The van der Waals surface area contributed by atoms with Crippen LogP contribution in [0.1, 0.15) is 47.7 Å². The number of amides is 2. The minimum Gasteiger partial charge on any atom is -0.444 e. The van der Waals surface area contributed by atoms with Gasteiger partial charge < -0.3 is 19.9 Å². The van der Waals surface area contributed by atoms with Gasteiger partial charge in [-0.2, -0.15) is 0 Å². The highest BCUT2D eigenvalue weighted by molar-refractivity contribution is 7.09. The fourth-order valence-electron chi connectivity index (χ4n) is 3.36. The number of ether oxygens (including phenoxy) is 1. The minimum atomic E-state index is -0.621. The molecule has 0 aliphatic heterocycles. The Labute approximate surface area is 207 Å². The molecule has 0 bridgehead atoms. The molecule has 2 N–H and O–H groups in total. The second-order valence-corrected chi connectivity index (χ2v) is 9.97. The first kappa shape index (κ1) is 24.3. The molecule has 0 saturated carbocycles. The fraction of sp³-hybridized carbons (Fsp3) is 0.320. The van der Waals surface area contributed by atoms with Crippen LogP contribution in [0.3, 0.4) is 0 Å². The number of hydrogen-bond donors (Lipinski definition) is 2. The molecule has 182 valence electrons. The van der Waals surface area contributed by atoms with E-state index in [0.29, 0.717) is 31.0 Å². The smallest absolute Gasteiger partial charge is 0.410 e. The summed E-state index contributed by atoms with van der Waals surface area (Å²) in [5.41, 5.74) is 2.40. The van der Waals surface area contributed by atoms with E-state index in [1.807, 2.05) is 57.2 Å². The predicted octanol–water partition coefficient (Wildman–Crippen LogP) is 4.32. The van der Waals surface area contributed by atoms with Crippen molar-refractivity contribution in [3.05, 3.63) is 76.3 Å². The third-order valence-corrected chi connectivity index (χ3v) is 5.90. The summed E-state index contributed by atoms with van der Waals surface area (Å²) in [5.74, 6) is 0.425. The molecular weight excluding hydrogens is 464 g/mol. The van der Waals surface area contributed by atoms with Gasteiger partial charge in [0.15, 0.2) is 0 Å². The summed E-state index contributed by atoms with van der Waals surface area (Å²) in [6.45, 7) is 6.53. The molecule has 35 heavy (non-hydrogen) atoms. The highest BCUT2D eigenvalue weighted by atomic mass is 32.1. The number of carbonyl (C=O) groups is 2. The van der Waals surface area contributed by atoms with E-state index in [1.54, 1.807) is 22.7 Å². The number of para-hydroxylation sites is 2. The van der Waals surface area contributed by atoms with E-state index < -0.39 is 11.7 Å². The van der Waals surface area contributed by atoms with Gasteiger partial charge in [0.25, 0.3) is 5.91 Å². The number of nitrogens with zero attached hydrogens (tertiary/aromatic N) is 4. The van der Waals surface area contributed by atoms with Crippen LogP contribution in [0.5, 0.6) is 0 Å². The Kier molecular flexibility index (Phi) is 7.40. The second kappa shape index (κ2) is 10.6. The van der Waals surface area contributed by atoms with Gasteiger partial charge in [-0.3, -0.25) is 9.78 Å². The standard InChI is InChI=1S/C25H28N6O3S/c1-25(2,3)34-24(33)31(15-21-28-18-8-4-5-9-19(18)29-21)12-10-22-30-20(16-35-22)23(32)27-14-17-7-6-11-26-13-17/h4-9,11,13,16H,10,12,14-15H2,1-3H3,(H,27,32)(H,28,29). The van der Waals surface area contributed by atoms with Crippen LogP contribution in [0.2, 0.25) is 0 Å². The lowest BCUT2D eigenvalue weighted by atomic mass is 10.2. The fourth-order valence-corrected chi connectivity index (χ4v) is 4.13. The number of aromatic amines is 1. The first-order valence-corrected chi connectivity index (χ1v) is 12.2. The molecule has 0 spiro atoms. The number of hydrogen-bond acceptors (Lipinski definition) is 7. The molecule has 0 saturated heterocycles. The molecule has 10 heteroatoms. The number of nitrogens with one attached hydrogen (secondary N) is 2. The SMILES string of the molecule is CC(C)(C)OC(=O)N(CCc1nc(C(=O)NCc2cccnc2)cs1)Cc1nc2ccccc2[nH]1. The normalized spacial score (nSPS) is 11.4. The number of aromatic nitrogens is 4. The van der Waals surface area contributed by atoms with Gasteiger partial charge in [0.2, 0.25) is 0 Å². The van der Waals surface area contributed by atoms with E-state index in [2.05, 4.69) is 25.3 Å². The highest BCUT2D eigenvalue weighted by Crippen LogP contribution is 2.17. The van der Waals surface area contributed by atoms with Gasteiger partial charge in [0.1, 0.15) is 17.1 Å². The largest absolute Gasteiger partial charge is 0.444 e. The zero-order chi connectivity index (χ0) is 24.8. The number of thiazole rings is 1. The Bertz CT molecular complexity index is 1260. The van der Waals surface area contributed by atoms with Crippen LogP contribution in [0.15, 0.2) is 54.2 Å². The molecule has 0 aliphatic carbocycles. The molecule has 9 nitrogen and oxygen atoms in total. The monoisotopic (exact) mass is 492 g/mol. The third kappa shape index (κ3) is 6.86. The van der Waals surface area contributed by atoms with E-state index in [4.69, 9.17) is 4.74 Å². The van der Waals surface area contributed by atoms with Crippen LogP contribution in [-0.2, 0) is 24.2 Å². The van der Waals surface area contributed by atoms with Gasteiger partial charge in [0.05, 0.1) is 22.6 Å². The maximum absolute atomic E-state index is 12.9. The molecule has 0 fully saturated rings. The Morgan fingerprint density at radius 3 is 2.71 bits per heavy atom. The van der Waals surface area contributed by atoms with Crippen molar-refractivity contribution in [3.63, 3.8) is 0 Å². The Balaban J connectivity index is 1.40. The maximum Gasteiger partial charge on any atom is 0.410 e. The molecule has 4 rings (SSSR count). The molecule has 0 atom stereocenters. The lowest BCUT2D eigenvalue weighted by Gasteiger charge is -2.26. The van der Waals surface area contributed by atoms with Gasteiger partial charge in [-0.1, -0.05) is 18.2 Å². The average Bonchev–Trinajstić information content (AvgIpc) is 3.46. The molecule has 1 aromatic carbocycles. The van der Waals surface area contributed by atoms with E-state index in [-0.39, 0.29) is 12.5 Å². The zero-order valence-electron chi connectivity index (χ0n) is 19.9. The second-order valence-electron chi connectivity index (χ2n) is 9.02. The van der Waals surface area contributed by atoms with Crippen molar-refractivity contribution in [2.75, 3.05) is 6.54 Å². The van der Waals surface area contributed by atoms with Crippen LogP contribution in [0, 0.1) is 0 Å². The number of imidazole rings is 1. The molecule has 3 heterocycles. The van der Waals surface area contributed by atoms with Crippen molar-refractivity contribution in [3.8, 4) is 0 Å². The molecule has 2 amide bonds. The summed E-state index contributed by atoms with van der Waals surface area (Å²) >= 11 is 1.39. The summed E-state index contributed by atoms with van der Waals surface area (Å²) in [6, 6.07) is 11.4. The number of fused-ring (bicyclic) bond motifs is 1. The average molecular weight is 493 g/mol. The summed E-state index contributed by atoms with van der Waals surface area (Å²) in [5, 5.41) is 5.34. The van der Waals surface area contributed by atoms with Crippen LogP contribution in [0.4, 0.5) is 4.79 Å². The molecule has 0 unspecified atom stereocenters. The predicted molar refractivity (Wildman–Crippen MR) is 134 cm³/mol. The molecular formula is C25H28N6O3S. The van der Waals surface area contributed by atoms with Crippen molar-refractivity contribution in [1.82, 2.24) is 30.2 Å². The number of H-pyrrole nitrogens is 1. The van der Waals surface area contributed by atoms with Gasteiger partial charge in [-0.15, -0.1) is 11.3 Å². The summed E-state index contributed by atoms with van der Waals surface area (Å²) in [7, 11) is 0. The van der Waals surface area contributed by atoms with E-state index in [0.717, 1.165) is 21.6 Å². The van der Waals surface area contributed by atoms with E-state index in [1.165, 1.54) is 11.3 Å². The van der Waals surface area contributed by atoms with Crippen molar-refractivity contribution in [2.45, 2.75) is 45.9 Å². The van der Waals surface area contributed by atoms with Crippen LogP contribution in [-0.4, -0.2) is 49.0 Å². The lowest BCUT2D eigenvalue weighted by molar-refractivity contribution is 0.0231. The van der Waals surface area contributed by atoms with E-state index in [9.17, 15) is 9.59 Å². The van der Waals surface area contributed by atoms with Gasteiger partial charge in [-0.05, 0) is 44.5 Å². The van der Waals surface area contributed by atoms with Gasteiger partial charge in [0, 0.05) is 37.3 Å². The third-order valence-electron chi connectivity index (χ3n) is 4.99. The maximum atomic E-state index is 12.9. The van der Waals surface area contributed by atoms with Gasteiger partial charge >= 0.3 is 6.09 Å². The lowest BCUT2D eigenvalue weighted by Crippen LogP contribution is -2.37. The summed E-state index contributed by atoms with van der Waals surface area (Å²) < 4.78 is 5.61.